The molecule has 0 spiro atoms. The Labute approximate surface area is 115 Å². The molecule has 7 nitrogen and oxygen atoms in total. The van der Waals surface area contributed by atoms with E-state index in [0.29, 0.717) is 23.1 Å². The monoisotopic (exact) mass is 282 g/mol. The number of aromatic nitrogens is 5. The maximum absolute atomic E-state index is 12.0. The lowest BCUT2D eigenvalue weighted by molar-refractivity contribution is 0.0932. The van der Waals surface area contributed by atoms with Gasteiger partial charge in [0.2, 0.25) is 0 Å². The highest BCUT2D eigenvalue weighted by molar-refractivity contribution is 6.34. The Morgan fingerprint density at radius 3 is 2.95 bits per heavy atom. The van der Waals surface area contributed by atoms with Gasteiger partial charge in [0.05, 0.1) is 16.8 Å². The van der Waals surface area contributed by atoms with E-state index in [4.69, 9.17) is 11.6 Å². The normalized spacial score (nSPS) is 12.4. The molecule has 8 heteroatoms. The Kier molecular flexibility index (Phi) is 3.84. The smallest absolute Gasteiger partial charge is 0.273 e. The van der Waals surface area contributed by atoms with Gasteiger partial charge >= 0.3 is 0 Å². The van der Waals surface area contributed by atoms with E-state index in [2.05, 4.69) is 25.6 Å². The maximum Gasteiger partial charge on any atom is 0.273 e. The van der Waals surface area contributed by atoms with E-state index >= 15 is 0 Å². The third kappa shape index (κ3) is 2.60. The van der Waals surface area contributed by atoms with E-state index in [1.165, 1.54) is 6.33 Å². The average molecular weight is 283 g/mol. The van der Waals surface area contributed by atoms with Crippen molar-refractivity contribution in [3.05, 3.63) is 28.6 Å². The van der Waals surface area contributed by atoms with Gasteiger partial charge in [0.1, 0.15) is 12.2 Å². The summed E-state index contributed by atoms with van der Waals surface area (Å²) in [4.78, 5) is 16.2. The Balaban J connectivity index is 2.13. The van der Waals surface area contributed by atoms with Crippen LogP contribution < -0.4 is 5.32 Å². The van der Waals surface area contributed by atoms with Crippen LogP contribution in [0.25, 0.3) is 0 Å². The lowest BCUT2D eigenvalue weighted by atomic mass is 10.3. The summed E-state index contributed by atoms with van der Waals surface area (Å²) in [5, 5.41) is 13.7. The van der Waals surface area contributed by atoms with Gasteiger partial charge in [-0.3, -0.25) is 9.89 Å². The first kappa shape index (κ1) is 13.5. The molecule has 1 amide bonds. The minimum atomic E-state index is -0.340. The predicted octanol–water partition coefficient (Wildman–Crippen LogP) is 1.47. The van der Waals surface area contributed by atoms with Crippen LogP contribution in [0, 0.1) is 6.92 Å². The lowest BCUT2D eigenvalue weighted by Crippen LogP contribution is -2.29. The lowest BCUT2D eigenvalue weighted by Gasteiger charge is -2.13. The summed E-state index contributed by atoms with van der Waals surface area (Å²) in [7, 11) is 0. The molecule has 0 aliphatic rings. The Morgan fingerprint density at radius 1 is 1.63 bits per heavy atom. The second kappa shape index (κ2) is 5.40. The van der Waals surface area contributed by atoms with Crippen molar-refractivity contribution in [2.24, 2.45) is 0 Å². The van der Waals surface area contributed by atoms with Crippen LogP contribution in [-0.2, 0) is 6.54 Å². The fourth-order valence-corrected chi connectivity index (χ4v) is 1.92. The van der Waals surface area contributed by atoms with Crippen LogP contribution in [0.4, 0.5) is 0 Å². The molecule has 0 fully saturated rings. The van der Waals surface area contributed by atoms with Crippen LogP contribution in [0.3, 0.4) is 0 Å². The van der Waals surface area contributed by atoms with Gasteiger partial charge in [-0.2, -0.15) is 10.2 Å². The second-order valence-corrected chi connectivity index (χ2v) is 4.52. The summed E-state index contributed by atoms with van der Waals surface area (Å²) in [5.41, 5.74) is 0.852. The highest BCUT2D eigenvalue weighted by Gasteiger charge is 2.20. The first-order valence-corrected chi connectivity index (χ1v) is 6.31. The van der Waals surface area contributed by atoms with Crippen LogP contribution in [0.2, 0.25) is 5.02 Å². The molecule has 102 valence electrons. The van der Waals surface area contributed by atoms with Gasteiger partial charge < -0.3 is 5.32 Å². The SMILES string of the molecule is CCn1ncnc1[C@@H](C)NC(=O)c1n[nH]c(C)c1Cl. The zero-order chi connectivity index (χ0) is 14.0. The number of halogens is 1. The first-order chi connectivity index (χ1) is 9.04. The molecule has 0 radical (unpaired) electrons. The molecule has 2 rings (SSSR count). The van der Waals surface area contributed by atoms with E-state index < -0.39 is 0 Å². The molecule has 2 N–H and O–H groups in total. The number of aryl methyl sites for hydroxylation is 2. The molecule has 0 aromatic carbocycles. The number of carbonyl (C=O) groups is 1. The van der Waals surface area contributed by atoms with Crippen molar-refractivity contribution in [1.29, 1.82) is 0 Å². The van der Waals surface area contributed by atoms with Crippen LogP contribution in [0.5, 0.6) is 0 Å². The third-order valence-electron chi connectivity index (χ3n) is 2.77. The molecule has 0 aliphatic carbocycles. The van der Waals surface area contributed by atoms with E-state index in [1.807, 2.05) is 13.8 Å². The van der Waals surface area contributed by atoms with Crippen molar-refractivity contribution in [3.8, 4) is 0 Å². The van der Waals surface area contributed by atoms with Gasteiger partial charge in [0.25, 0.3) is 5.91 Å². The van der Waals surface area contributed by atoms with Gasteiger partial charge in [-0.1, -0.05) is 11.6 Å². The van der Waals surface area contributed by atoms with Crippen molar-refractivity contribution in [2.45, 2.75) is 33.4 Å². The molecule has 0 aliphatic heterocycles. The van der Waals surface area contributed by atoms with E-state index in [1.54, 1.807) is 11.6 Å². The minimum absolute atomic E-state index is 0.189. The second-order valence-electron chi connectivity index (χ2n) is 4.14. The zero-order valence-corrected chi connectivity index (χ0v) is 11.7. The van der Waals surface area contributed by atoms with Crippen LogP contribution >= 0.6 is 11.6 Å². The van der Waals surface area contributed by atoms with Gasteiger partial charge in [0, 0.05) is 6.54 Å². The molecule has 1 atom stereocenters. The van der Waals surface area contributed by atoms with Crippen molar-refractivity contribution in [2.75, 3.05) is 0 Å². The number of carbonyl (C=O) groups excluding carboxylic acids is 1. The third-order valence-corrected chi connectivity index (χ3v) is 3.23. The van der Waals surface area contributed by atoms with E-state index in [0.717, 1.165) is 0 Å². The Bertz CT molecular complexity index is 590. The Morgan fingerprint density at radius 2 is 2.37 bits per heavy atom. The van der Waals surface area contributed by atoms with Crippen LogP contribution in [0.1, 0.15) is 41.9 Å². The molecule has 0 saturated heterocycles. The number of H-pyrrole nitrogens is 1. The van der Waals surface area contributed by atoms with Crippen LogP contribution in [0.15, 0.2) is 6.33 Å². The fourth-order valence-electron chi connectivity index (χ4n) is 1.75. The summed E-state index contributed by atoms with van der Waals surface area (Å²) >= 11 is 5.98. The number of hydrogen-bond acceptors (Lipinski definition) is 4. The molecule has 0 unspecified atom stereocenters. The number of aromatic amines is 1. The van der Waals surface area contributed by atoms with Crippen molar-refractivity contribution >= 4 is 17.5 Å². The zero-order valence-electron chi connectivity index (χ0n) is 10.9. The highest BCUT2D eigenvalue weighted by Crippen LogP contribution is 2.18. The summed E-state index contributed by atoms with van der Waals surface area (Å²) in [6, 6.07) is -0.275. The highest BCUT2D eigenvalue weighted by atomic mass is 35.5. The number of amides is 1. The van der Waals surface area contributed by atoms with Gasteiger partial charge in [-0.05, 0) is 20.8 Å². The molecular weight excluding hydrogens is 268 g/mol. The molecule has 2 aromatic heterocycles. The number of rotatable bonds is 4. The van der Waals surface area contributed by atoms with Crippen LogP contribution in [-0.4, -0.2) is 30.9 Å². The van der Waals surface area contributed by atoms with Gasteiger partial charge in [0.15, 0.2) is 5.69 Å². The molecule has 19 heavy (non-hydrogen) atoms. The summed E-state index contributed by atoms with van der Waals surface area (Å²) in [5.74, 6) is 0.353. The van der Waals surface area contributed by atoms with E-state index in [9.17, 15) is 4.79 Å². The number of nitrogens with one attached hydrogen (secondary N) is 2. The number of nitrogens with zero attached hydrogens (tertiary/aromatic N) is 4. The van der Waals surface area contributed by atoms with Gasteiger partial charge in [-0.15, -0.1) is 0 Å². The van der Waals surface area contributed by atoms with E-state index in [-0.39, 0.29) is 17.6 Å². The minimum Gasteiger partial charge on any atom is -0.341 e. The molecule has 2 heterocycles. The predicted molar refractivity (Wildman–Crippen MR) is 69.9 cm³/mol. The van der Waals surface area contributed by atoms with Crippen molar-refractivity contribution < 1.29 is 4.79 Å². The maximum atomic E-state index is 12.0. The largest absolute Gasteiger partial charge is 0.341 e. The first-order valence-electron chi connectivity index (χ1n) is 5.93. The standard InChI is InChI=1S/C11H15ClN6O/c1-4-18-10(13-5-14-18)7(3)15-11(19)9-8(12)6(2)16-17-9/h5,7H,4H2,1-3H3,(H,15,19)(H,16,17)/t7-/m1/s1. The molecular formula is C11H15ClN6O. The molecule has 0 saturated carbocycles. The fraction of sp³-hybridized carbons (Fsp3) is 0.455. The van der Waals surface area contributed by atoms with Crippen molar-refractivity contribution in [3.63, 3.8) is 0 Å². The average Bonchev–Trinajstić information content (AvgIpc) is 2.97. The van der Waals surface area contributed by atoms with Crippen molar-refractivity contribution in [1.82, 2.24) is 30.3 Å². The summed E-state index contributed by atoms with van der Waals surface area (Å²) < 4.78 is 1.72. The quantitative estimate of drug-likeness (QED) is 0.889. The summed E-state index contributed by atoms with van der Waals surface area (Å²) in [6.07, 6.45) is 1.47. The number of hydrogen-bond donors (Lipinski definition) is 2. The molecule has 0 bridgehead atoms. The van der Waals surface area contributed by atoms with Gasteiger partial charge in [-0.25, -0.2) is 9.67 Å². The topological polar surface area (TPSA) is 88.5 Å². The molecule has 2 aromatic rings. The summed E-state index contributed by atoms with van der Waals surface area (Å²) in [6.45, 7) is 6.24. The Hall–Kier alpha value is -1.89.